The lowest BCUT2D eigenvalue weighted by molar-refractivity contribution is -0.152. The smallest absolute Gasteiger partial charge is 0.325 e. The predicted octanol–water partition coefficient (Wildman–Crippen LogP) is 3.73. The third-order valence-corrected chi connectivity index (χ3v) is 4.54. The predicted molar refractivity (Wildman–Crippen MR) is 117 cm³/mol. The van der Waals surface area contributed by atoms with Gasteiger partial charge in [-0.3, -0.25) is 15.0 Å². The van der Waals surface area contributed by atoms with Crippen molar-refractivity contribution in [2.45, 2.75) is 46.6 Å². The average Bonchev–Trinajstić information content (AvgIpc) is 2.81. The highest BCUT2D eigenvalue weighted by atomic mass is 16.6. The third-order valence-electron chi connectivity index (χ3n) is 4.54. The maximum Gasteiger partial charge on any atom is 0.325 e. The number of rotatable bonds is 5. The lowest BCUT2D eigenvalue weighted by atomic mass is 9.94. The molecule has 0 spiro atoms. The molecule has 7 nitrogen and oxygen atoms in total. The number of allylic oxidation sites excluding steroid dienone is 1. The lowest BCUT2D eigenvalue weighted by Gasteiger charge is -2.21. The molecule has 3 rings (SSSR count). The van der Waals surface area contributed by atoms with E-state index in [0.29, 0.717) is 23.5 Å². The summed E-state index contributed by atoms with van der Waals surface area (Å²) in [5.74, 6) is -0.0831. The Labute approximate surface area is 176 Å². The van der Waals surface area contributed by atoms with Crippen LogP contribution < -0.4 is 5.32 Å². The van der Waals surface area contributed by atoms with Gasteiger partial charge in [0.25, 0.3) is 0 Å². The second-order valence-electron chi connectivity index (χ2n) is 8.24. The molecule has 0 aliphatic heterocycles. The van der Waals surface area contributed by atoms with Gasteiger partial charge in [-0.25, -0.2) is 9.97 Å². The fourth-order valence-corrected chi connectivity index (χ4v) is 3.27. The van der Waals surface area contributed by atoms with Crippen LogP contribution in [0.15, 0.2) is 24.4 Å². The van der Waals surface area contributed by atoms with Crippen LogP contribution in [0.3, 0.4) is 0 Å². The zero-order valence-electron chi connectivity index (χ0n) is 17.9. The molecule has 1 aromatic carbocycles. The molecule has 30 heavy (non-hydrogen) atoms. The fraction of sp³-hybridized carbons (Fsp3) is 0.348. The van der Waals surface area contributed by atoms with Crippen molar-refractivity contribution in [3.63, 3.8) is 0 Å². The first-order valence-electron chi connectivity index (χ1n) is 9.78. The Balaban J connectivity index is 2.05. The Morgan fingerprint density at radius 3 is 2.63 bits per heavy atom. The van der Waals surface area contributed by atoms with Gasteiger partial charge in [-0.2, -0.15) is 0 Å². The van der Waals surface area contributed by atoms with Crippen molar-refractivity contribution in [3.05, 3.63) is 47.1 Å². The first-order valence-corrected chi connectivity index (χ1v) is 9.78. The minimum atomic E-state index is -0.591. The SMILES string of the molecule is CC(=O)C(=N)c1cc2c(cc1NCC(=O)OC(C)(C)C)C=CCc1nc(C)ncc1-2. The first-order chi connectivity index (χ1) is 14.0. The molecular weight excluding hydrogens is 380 g/mol. The summed E-state index contributed by atoms with van der Waals surface area (Å²) in [7, 11) is 0. The Kier molecular flexibility index (Phi) is 5.82. The monoisotopic (exact) mass is 406 g/mol. The minimum absolute atomic E-state index is 0.0726. The number of aromatic nitrogens is 2. The zero-order chi connectivity index (χ0) is 22.1. The molecule has 0 atom stereocenters. The Morgan fingerprint density at radius 2 is 1.97 bits per heavy atom. The Morgan fingerprint density at radius 1 is 1.23 bits per heavy atom. The van der Waals surface area contributed by atoms with Gasteiger partial charge in [-0.05, 0) is 51.0 Å². The van der Waals surface area contributed by atoms with Crippen molar-refractivity contribution in [2.24, 2.45) is 0 Å². The van der Waals surface area contributed by atoms with E-state index in [4.69, 9.17) is 10.1 Å². The van der Waals surface area contributed by atoms with E-state index in [2.05, 4.69) is 15.3 Å². The average molecular weight is 406 g/mol. The highest BCUT2D eigenvalue weighted by Gasteiger charge is 2.21. The van der Waals surface area contributed by atoms with E-state index >= 15 is 0 Å². The van der Waals surface area contributed by atoms with Crippen LogP contribution >= 0.6 is 0 Å². The summed E-state index contributed by atoms with van der Waals surface area (Å²) in [5.41, 5.74) is 3.74. The molecule has 1 aromatic heterocycles. The van der Waals surface area contributed by atoms with Gasteiger partial charge >= 0.3 is 5.97 Å². The van der Waals surface area contributed by atoms with Crippen molar-refractivity contribution in [1.82, 2.24) is 9.97 Å². The highest BCUT2D eigenvalue weighted by molar-refractivity contribution is 6.45. The number of benzene rings is 1. The second kappa shape index (κ2) is 8.18. The van der Waals surface area contributed by atoms with Crippen molar-refractivity contribution in [3.8, 4) is 11.1 Å². The molecule has 0 amide bonds. The van der Waals surface area contributed by atoms with Gasteiger partial charge in [0, 0.05) is 36.4 Å². The Bertz CT molecular complexity index is 1060. The van der Waals surface area contributed by atoms with E-state index in [1.807, 2.05) is 25.1 Å². The van der Waals surface area contributed by atoms with Gasteiger partial charge in [0.2, 0.25) is 0 Å². The summed E-state index contributed by atoms with van der Waals surface area (Å²) in [4.78, 5) is 33.0. The third kappa shape index (κ3) is 4.79. The van der Waals surface area contributed by atoms with E-state index in [1.54, 1.807) is 33.0 Å². The van der Waals surface area contributed by atoms with Gasteiger partial charge in [0.15, 0.2) is 5.78 Å². The van der Waals surface area contributed by atoms with Crippen molar-refractivity contribution < 1.29 is 14.3 Å². The molecule has 0 saturated carbocycles. The van der Waals surface area contributed by atoms with Crippen LogP contribution in [0.5, 0.6) is 0 Å². The summed E-state index contributed by atoms with van der Waals surface area (Å²) in [6.45, 7) is 8.53. The topological polar surface area (TPSA) is 105 Å². The molecule has 1 aliphatic rings. The second-order valence-corrected chi connectivity index (χ2v) is 8.24. The van der Waals surface area contributed by atoms with Gasteiger partial charge in [-0.1, -0.05) is 12.2 Å². The van der Waals surface area contributed by atoms with E-state index in [-0.39, 0.29) is 18.0 Å². The normalized spacial score (nSPS) is 12.4. The molecular formula is C23H26N4O3. The molecule has 0 radical (unpaired) electrons. The number of nitrogens with one attached hydrogen (secondary N) is 2. The van der Waals surface area contributed by atoms with Crippen LogP contribution in [0.1, 0.15) is 50.3 Å². The fourth-order valence-electron chi connectivity index (χ4n) is 3.27. The molecule has 2 N–H and O–H groups in total. The molecule has 0 fully saturated rings. The summed E-state index contributed by atoms with van der Waals surface area (Å²) < 4.78 is 5.34. The van der Waals surface area contributed by atoms with Crippen LogP contribution in [0.4, 0.5) is 5.69 Å². The minimum Gasteiger partial charge on any atom is -0.459 e. The van der Waals surface area contributed by atoms with Gasteiger partial charge in [-0.15, -0.1) is 0 Å². The number of hydrogen-bond donors (Lipinski definition) is 2. The zero-order valence-corrected chi connectivity index (χ0v) is 17.9. The van der Waals surface area contributed by atoms with Crippen molar-refractivity contribution >= 4 is 29.2 Å². The number of esters is 1. The van der Waals surface area contributed by atoms with E-state index < -0.39 is 11.6 Å². The van der Waals surface area contributed by atoms with Crippen molar-refractivity contribution in [2.75, 3.05) is 11.9 Å². The number of hydrogen-bond acceptors (Lipinski definition) is 7. The number of Topliss-reactive ketones (excluding diaryl/α,β-unsaturated/α-hetero) is 1. The number of ketones is 1. The van der Waals surface area contributed by atoms with E-state index in [0.717, 1.165) is 22.4 Å². The lowest BCUT2D eigenvalue weighted by Crippen LogP contribution is -2.28. The Hall–Kier alpha value is -3.35. The van der Waals surface area contributed by atoms with Gasteiger partial charge < -0.3 is 10.1 Å². The molecule has 2 aromatic rings. The molecule has 0 saturated heterocycles. The molecule has 0 bridgehead atoms. The molecule has 0 unspecified atom stereocenters. The number of carbonyl (C=O) groups excluding carboxylic acids is 2. The number of nitrogens with zero attached hydrogens (tertiary/aromatic N) is 2. The maximum atomic E-state index is 12.2. The van der Waals surface area contributed by atoms with Crippen LogP contribution in [0.25, 0.3) is 17.2 Å². The molecule has 1 aliphatic carbocycles. The number of fused-ring (bicyclic) bond motifs is 3. The summed E-state index contributed by atoms with van der Waals surface area (Å²) in [6, 6.07) is 3.64. The van der Waals surface area contributed by atoms with E-state index in [9.17, 15) is 9.59 Å². The quantitative estimate of drug-likeness (QED) is 0.579. The molecule has 1 heterocycles. The number of aryl methyl sites for hydroxylation is 1. The van der Waals surface area contributed by atoms with Gasteiger partial charge in [0.05, 0.1) is 5.69 Å². The summed E-state index contributed by atoms with van der Waals surface area (Å²) in [5, 5.41) is 11.3. The van der Waals surface area contributed by atoms with Crippen LogP contribution in [0, 0.1) is 12.3 Å². The number of carbonyl (C=O) groups is 2. The first kappa shape index (κ1) is 21.4. The number of anilines is 1. The van der Waals surface area contributed by atoms with Crippen LogP contribution in [-0.4, -0.2) is 39.6 Å². The standard InChI is InChI=1S/C23H26N4O3/c1-13(28)22(24)17-10-16-15(7-6-8-19-18(16)11-25-14(2)27-19)9-20(17)26-12-21(29)30-23(3,4)5/h6-7,9-11,24,26H,8,12H2,1-5H3. The molecule has 7 heteroatoms. The largest absolute Gasteiger partial charge is 0.459 e. The maximum absolute atomic E-state index is 12.2. The summed E-state index contributed by atoms with van der Waals surface area (Å²) in [6.07, 6.45) is 6.43. The highest BCUT2D eigenvalue weighted by Crippen LogP contribution is 2.34. The van der Waals surface area contributed by atoms with Gasteiger partial charge in [0.1, 0.15) is 23.7 Å². The van der Waals surface area contributed by atoms with Crippen LogP contribution in [-0.2, 0) is 20.7 Å². The number of ether oxygens (including phenoxy) is 1. The van der Waals surface area contributed by atoms with E-state index in [1.165, 1.54) is 6.92 Å². The van der Waals surface area contributed by atoms with Crippen molar-refractivity contribution in [1.29, 1.82) is 5.41 Å². The summed E-state index contributed by atoms with van der Waals surface area (Å²) >= 11 is 0. The molecule has 156 valence electrons. The van der Waals surface area contributed by atoms with Crippen LogP contribution in [0.2, 0.25) is 0 Å².